The van der Waals surface area contributed by atoms with E-state index in [1.807, 2.05) is 0 Å². The Labute approximate surface area is 200 Å². The number of ether oxygens (including phenoxy) is 1. The number of hydrogen-bond acceptors (Lipinski definition) is 8. The highest BCUT2D eigenvalue weighted by molar-refractivity contribution is 6.11. The molecule has 35 heavy (non-hydrogen) atoms. The third-order valence-electron chi connectivity index (χ3n) is 5.17. The highest BCUT2D eigenvalue weighted by Gasteiger charge is 2.34. The lowest BCUT2D eigenvalue weighted by molar-refractivity contribution is -0.136. The number of ketones is 1. The molecule has 0 aliphatic carbocycles. The van der Waals surface area contributed by atoms with Gasteiger partial charge in [0, 0.05) is 23.5 Å². The molecule has 11 heteroatoms. The number of carboxylic acids is 1. The number of carbonyl (C=O) groups is 5. The number of rotatable bonds is 10. The van der Waals surface area contributed by atoms with E-state index in [0.717, 1.165) is 0 Å². The Bertz CT molecular complexity index is 1190. The Balaban J connectivity index is 1.64. The minimum Gasteiger partial charge on any atom is -0.478 e. The van der Waals surface area contributed by atoms with Crippen molar-refractivity contribution in [1.82, 2.24) is 4.90 Å². The van der Waals surface area contributed by atoms with Crippen LogP contribution in [-0.4, -0.2) is 71.5 Å². The number of hydrogen-bond donors (Lipinski definition) is 4. The van der Waals surface area contributed by atoms with Crippen molar-refractivity contribution in [3.8, 4) is 0 Å². The molecule has 0 radical (unpaired) electrons. The third kappa shape index (κ3) is 6.09. The van der Waals surface area contributed by atoms with Gasteiger partial charge in [-0.15, -0.1) is 0 Å². The first-order valence-corrected chi connectivity index (χ1v) is 10.5. The second kappa shape index (κ2) is 11.1. The predicted octanol–water partition coefficient (Wildman–Crippen LogP) is 1.27. The van der Waals surface area contributed by atoms with E-state index in [0.29, 0.717) is 11.4 Å². The van der Waals surface area contributed by atoms with E-state index in [-0.39, 0.29) is 42.1 Å². The van der Waals surface area contributed by atoms with Crippen molar-refractivity contribution in [3.05, 3.63) is 70.9 Å². The zero-order chi connectivity index (χ0) is 25.5. The van der Waals surface area contributed by atoms with Crippen molar-refractivity contribution >= 4 is 40.9 Å². The number of Topliss-reactive ketones (excluding diaryl/α,β-unsaturated/α-hetero) is 1. The molecule has 2 aromatic carbocycles. The zero-order valence-corrected chi connectivity index (χ0v) is 18.7. The molecule has 11 nitrogen and oxygen atoms in total. The van der Waals surface area contributed by atoms with E-state index < -0.39 is 36.0 Å². The Morgan fingerprint density at radius 1 is 0.971 bits per heavy atom. The van der Waals surface area contributed by atoms with Gasteiger partial charge in [0.05, 0.1) is 37.8 Å². The number of methoxy groups -OCH3 is 1. The molecule has 1 heterocycles. The van der Waals surface area contributed by atoms with Gasteiger partial charge in [-0.25, -0.2) is 9.59 Å². The highest BCUT2D eigenvalue weighted by atomic mass is 16.5. The number of esters is 1. The number of nitrogens with zero attached hydrogens (tertiary/aromatic N) is 1. The lowest BCUT2D eigenvalue weighted by atomic mass is 10.1. The highest BCUT2D eigenvalue weighted by Crippen LogP contribution is 2.23. The number of nitrogens with one attached hydrogen (secondary N) is 2. The summed E-state index contributed by atoms with van der Waals surface area (Å²) in [6.07, 6.45) is -0.431. The van der Waals surface area contributed by atoms with Crippen LogP contribution in [-0.2, 0) is 19.1 Å². The van der Waals surface area contributed by atoms with Crippen LogP contribution in [0.3, 0.4) is 0 Å². The molecule has 1 aliphatic heterocycles. The second-order valence-corrected chi connectivity index (χ2v) is 7.53. The molecule has 0 fully saturated rings. The Hall–Kier alpha value is -4.51. The number of amides is 2. The quantitative estimate of drug-likeness (QED) is 0.222. The monoisotopic (exact) mass is 481 g/mol. The smallest absolute Gasteiger partial charge is 0.337 e. The molecule has 2 amide bonds. The van der Waals surface area contributed by atoms with Gasteiger partial charge in [0.15, 0.2) is 5.78 Å². The van der Waals surface area contributed by atoms with Gasteiger partial charge >= 0.3 is 11.9 Å². The lowest BCUT2D eigenvalue weighted by Gasteiger charge is -2.15. The van der Waals surface area contributed by atoms with Gasteiger partial charge in [-0.2, -0.15) is 0 Å². The minimum atomic E-state index is -1.09. The average molecular weight is 481 g/mol. The van der Waals surface area contributed by atoms with Gasteiger partial charge in [0.1, 0.15) is 5.70 Å². The van der Waals surface area contributed by atoms with Gasteiger partial charge in [-0.1, -0.05) is 0 Å². The van der Waals surface area contributed by atoms with Crippen LogP contribution in [0.1, 0.15) is 27.1 Å². The van der Waals surface area contributed by atoms with Crippen LogP contribution in [0, 0.1) is 0 Å². The number of anilines is 2. The molecule has 2 aromatic rings. The maximum Gasteiger partial charge on any atom is 0.337 e. The molecule has 182 valence electrons. The molecule has 1 aliphatic rings. The van der Waals surface area contributed by atoms with Gasteiger partial charge in [-0.3, -0.25) is 14.4 Å². The standard InChI is InChI=1S/C24H23N3O8/c1-35-24(34)18-13-27(10-11-28)22(31)21(18)26-17-6-2-14(3-7-17)19(29)12-20(30)25-16-8-4-15(5-9-16)23(32)33/h2-9,26,28H,10-13H2,1H3,(H,25,30)(H,32,33). The first-order valence-electron chi connectivity index (χ1n) is 10.5. The maximum absolute atomic E-state index is 12.6. The van der Waals surface area contributed by atoms with Gasteiger partial charge in [-0.05, 0) is 48.5 Å². The molecule has 4 N–H and O–H groups in total. The molecular formula is C24H23N3O8. The van der Waals surface area contributed by atoms with Crippen molar-refractivity contribution < 1.29 is 38.9 Å². The number of aromatic carboxylic acids is 1. The summed E-state index contributed by atoms with van der Waals surface area (Å²) in [5.41, 5.74) is 1.27. The van der Waals surface area contributed by atoms with E-state index in [1.54, 1.807) is 0 Å². The first kappa shape index (κ1) is 25.1. The number of benzene rings is 2. The van der Waals surface area contributed by atoms with E-state index >= 15 is 0 Å². The summed E-state index contributed by atoms with van der Waals surface area (Å²) in [7, 11) is 1.20. The number of carbonyl (C=O) groups excluding carboxylic acids is 4. The SMILES string of the molecule is COC(=O)C1=C(Nc2ccc(C(=O)CC(=O)Nc3ccc(C(=O)O)cc3)cc2)C(=O)N(CCO)C1. The van der Waals surface area contributed by atoms with Gasteiger partial charge in [0.2, 0.25) is 5.91 Å². The van der Waals surface area contributed by atoms with Gasteiger partial charge in [0.25, 0.3) is 5.91 Å². The summed E-state index contributed by atoms with van der Waals surface area (Å²) < 4.78 is 4.74. The topological polar surface area (TPSA) is 162 Å². The molecular weight excluding hydrogens is 458 g/mol. The van der Waals surface area contributed by atoms with E-state index in [9.17, 15) is 24.0 Å². The summed E-state index contributed by atoms with van der Waals surface area (Å²) >= 11 is 0. The van der Waals surface area contributed by atoms with Gasteiger partial charge < -0.3 is 30.5 Å². The van der Waals surface area contributed by atoms with E-state index in [2.05, 4.69) is 10.6 Å². The maximum atomic E-state index is 12.6. The van der Waals surface area contributed by atoms with Crippen LogP contribution >= 0.6 is 0 Å². The molecule has 0 unspecified atom stereocenters. The number of aliphatic hydroxyl groups is 1. The normalized spacial score (nSPS) is 13.0. The van der Waals surface area contributed by atoms with Crippen LogP contribution in [0.5, 0.6) is 0 Å². The van der Waals surface area contributed by atoms with Crippen LogP contribution in [0.15, 0.2) is 59.8 Å². The summed E-state index contributed by atoms with van der Waals surface area (Å²) in [6.45, 7) is -0.200. The largest absolute Gasteiger partial charge is 0.478 e. The Morgan fingerprint density at radius 2 is 1.57 bits per heavy atom. The molecule has 0 saturated carbocycles. The number of β-amino-alcohol motifs (C(OH)–C–C–N with tert-alkyl or cyclic N) is 1. The molecule has 0 saturated heterocycles. The summed E-state index contributed by atoms with van der Waals surface area (Å²) in [4.78, 5) is 61.5. The summed E-state index contributed by atoms with van der Waals surface area (Å²) in [5, 5.41) is 23.4. The summed E-state index contributed by atoms with van der Waals surface area (Å²) in [5.74, 6) is -3.23. The molecule has 3 rings (SSSR count). The fraction of sp³-hybridized carbons (Fsp3) is 0.208. The van der Waals surface area contributed by atoms with Crippen molar-refractivity contribution in [3.63, 3.8) is 0 Å². The van der Waals surface area contributed by atoms with Crippen LogP contribution < -0.4 is 10.6 Å². The molecule has 0 aromatic heterocycles. The zero-order valence-electron chi connectivity index (χ0n) is 18.7. The Morgan fingerprint density at radius 3 is 2.14 bits per heavy atom. The van der Waals surface area contributed by atoms with Crippen LogP contribution in [0.2, 0.25) is 0 Å². The molecule has 0 spiro atoms. The van der Waals surface area contributed by atoms with Crippen molar-refractivity contribution in [1.29, 1.82) is 0 Å². The molecule has 0 atom stereocenters. The predicted molar refractivity (Wildman–Crippen MR) is 124 cm³/mol. The van der Waals surface area contributed by atoms with E-state index in [4.69, 9.17) is 14.9 Å². The number of carboxylic acid groups (broad SMARTS) is 1. The number of aliphatic hydroxyl groups excluding tert-OH is 1. The van der Waals surface area contributed by atoms with Crippen LogP contribution in [0.25, 0.3) is 0 Å². The Kier molecular flexibility index (Phi) is 7.95. The fourth-order valence-corrected chi connectivity index (χ4v) is 3.38. The minimum absolute atomic E-state index is 0.000878. The third-order valence-corrected chi connectivity index (χ3v) is 5.17. The fourth-order valence-electron chi connectivity index (χ4n) is 3.38. The molecule has 0 bridgehead atoms. The van der Waals surface area contributed by atoms with E-state index in [1.165, 1.54) is 60.5 Å². The second-order valence-electron chi connectivity index (χ2n) is 7.53. The summed E-state index contributed by atoms with van der Waals surface area (Å²) in [6, 6.07) is 11.5. The van der Waals surface area contributed by atoms with Crippen LogP contribution in [0.4, 0.5) is 11.4 Å². The lowest BCUT2D eigenvalue weighted by Crippen LogP contribution is -2.31. The van der Waals surface area contributed by atoms with Crippen molar-refractivity contribution in [2.24, 2.45) is 0 Å². The van der Waals surface area contributed by atoms with Crippen molar-refractivity contribution in [2.45, 2.75) is 6.42 Å². The first-order chi connectivity index (χ1) is 16.7. The van der Waals surface area contributed by atoms with Crippen molar-refractivity contribution in [2.75, 3.05) is 37.4 Å². The average Bonchev–Trinajstić information content (AvgIpc) is 3.14.